The van der Waals surface area contributed by atoms with Crippen molar-refractivity contribution in [3.63, 3.8) is 0 Å². The zero-order chi connectivity index (χ0) is 17.9. The molecule has 2 aromatic rings. The minimum absolute atomic E-state index is 0.00357. The van der Waals surface area contributed by atoms with Crippen molar-refractivity contribution in [3.05, 3.63) is 63.7 Å². The smallest absolute Gasteiger partial charge is 0.224 e. The van der Waals surface area contributed by atoms with E-state index in [9.17, 15) is 4.79 Å². The molecular formula is C21H27NO2. The average molecular weight is 325 g/mol. The van der Waals surface area contributed by atoms with Gasteiger partial charge >= 0.3 is 0 Å². The summed E-state index contributed by atoms with van der Waals surface area (Å²) in [6.07, 6.45) is 0.374. The van der Waals surface area contributed by atoms with Crippen LogP contribution in [0.3, 0.4) is 0 Å². The highest BCUT2D eigenvalue weighted by atomic mass is 16.5. The molecule has 1 amide bonds. The predicted octanol–water partition coefficient (Wildman–Crippen LogP) is 4.35. The third-order valence-corrected chi connectivity index (χ3v) is 4.55. The third-order valence-electron chi connectivity index (χ3n) is 4.55. The van der Waals surface area contributed by atoms with Gasteiger partial charge in [0.05, 0.1) is 19.6 Å². The number of methoxy groups -OCH3 is 1. The molecule has 1 atom stereocenters. The number of amides is 1. The maximum absolute atomic E-state index is 12.4. The Morgan fingerprint density at radius 2 is 1.67 bits per heavy atom. The monoisotopic (exact) mass is 325 g/mol. The van der Waals surface area contributed by atoms with E-state index in [1.54, 1.807) is 7.11 Å². The van der Waals surface area contributed by atoms with E-state index in [4.69, 9.17) is 4.74 Å². The van der Waals surface area contributed by atoms with Crippen LogP contribution in [0.25, 0.3) is 0 Å². The molecular weight excluding hydrogens is 298 g/mol. The lowest BCUT2D eigenvalue weighted by Gasteiger charge is -2.18. The van der Waals surface area contributed by atoms with E-state index >= 15 is 0 Å². The molecule has 2 rings (SSSR count). The van der Waals surface area contributed by atoms with Crippen LogP contribution in [-0.4, -0.2) is 13.0 Å². The van der Waals surface area contributed by atoms with Gasteiger partial charge in [-0.2, -0.15) is 0 Å². The first-order valence-electron chi connectivity index (χ1n) is 8.32. The number of carbonyl (C=O) groups is 1. The SMILES string of the molecule is COc1ccc(CC(=O)NC(C)c2cc(C)c(C)cc2C)cc1C. The molecule has 1 unspecified atom stereocenters. The second kappa shape index (κ2) is 7.52. The number of benzene rings is 2. The molecule has 0 aliphatic carbocycles. The lowest BCUT2D eigenvalue weighted by atomic mass is 9.96. The van der Waals surface area contributed by atoms with Crippen LogP contribution >= 0.6 is 0 Å². The molecule has 0 radical (unpaired) electrons. The largest absolute Gasteiger partial charge is 0.496 e. The number of ether oxygens (including phenoxy) is 1. The van der Waals surface area contributed by atoms with Crippen LogP contribution < -0.4 is 10.1 Å². The molecule has 1 N–H and O–H groups in total. The number of rotatable bonds is 5. The van der Waals surface area contributed by atoms with E-state index in [2.05, 4.69) is 38.2 Å². The van der Waals surface area contributed by atoms with Gasteiger partial charge in [-0.1, -0.05) is 24.3 Å². The van der Waals surface area contributed by atoms with Crippen LogP contribution in [-0.2, 0) is 11.2 Å². The standard InChI is InChI=1S/C21H27NO2/c1-13-9-15(3)19(11-14(13)2)17(5)22-21(23)12-18-7-8-20(24-6)16(4)10-18/h7-11,17H,12H2,1-6H3,(H,22,23). The van der Waals surface area contributed by atoms with Crippen LogP contribution in [0.1, 0.15) is 46.3 Å². The molecule has 0 aromatic heterocycles. The number of hydrogen-bond donors (Lipinski definition) is 1. The van der Waals surface area contributed by atoms with Crippen LogP contribution in [0, 0.1) is 27.7 Å². The van der Waals surface area contributed by atoms with Gasteiger partial charge in [-0.15, -0.1) is 0 Å². The summed E-state index contributed by atoms with van der Waals surface area (Å²) in [6, 6.07) is 10.2. The van der Waals surface area contributed by atoms with E-state index < -0.39 is 0 Å². The molecule has 0 heterocycles. The van der Waals surface area contributed by atoms with E-state index in [-0.39, 0.29) is 11.9 Å². The summed E-state index contributed by atoms with van der Waals surface area (Å²) in [5.74, 6) is 0.878. The minimum atomic E-state index is -0.00357. The van der Waals surface area contributed by atoms with Gasteiger partial charge in [-0.3, -0.25) is 4.79 Å². The molecule has 0 aliphatic rings. The van der Waals surface area contributed by atoms with Crippen molar-refractivity contribution in [1.82, 2.24) is 5.32 Å². The highest BCUT2D eigenvalue weighted by molar-refractivity contribution is 5.79. The van der Waals surface area contributed by atoms with Gasteiger partial charge in [0.2, 0.25) is 5.91 Å². The normalized spacial score (nSPS) is 11.9. The fourth-order valence-electron chi connectivity index (χ4n) is 3.06. The lowest BCUT2D eigenvalue weighted by Crippen LogP contribution is -2.28. The second-order valence-corrected chi connectivity index (χ2v) is 6.56. The Hall–Kier alpha value is -2.29. The van der Waals surface area contributed by atoms with Crippen molar-refractivity contribution in [3.8, 4) is 5.75 Å². The Morgan fingerprint density at radius 1 is 1.00 bits per heavy atom. The molecule has 0 spiro atoms. The van der Waals surface area contributed by atoms with Crippen LogP contribution in [0.2, 0.25) is 0 Å². The Morgan fingerprint density at radius 3 is 2.29 bits per heavy atom. The summed E-state index contributed by atoms with van der Waals surface area (Å²) in [5, 5.41) is 3.11. The zero-order valence-corrected chi connectivity index (χ0v) is 15.5. The molecule has 0 fully saturated rings. The summed E-state index contributed by atoms with van der Waals surface area (Å²) >= 11 is 0. The Balaban J connectivity index is 2.07. The molecule has 2 aromatic carbocycles. The van der Waals surface area contributed by atoms with E-state index in [0.717, 1.165) is 16.9 Å². The average Bonchev–Trinajstić information content (AvgIpc) is 2.50. The van der Waals surface area contributed by atoms with Crippen molar-refractivity contribution >= 4 is 5.91 Å². The topological polar surface area (TPSA) is 38.3 Å². The number of hydrogen-bond acceptors (Lipinski definition) is 2. The predicted molar refractivity (Wildman–Crippen MR) is 98.6 cm³/mol. The molecule has 0 aliphatic heterocycles. The van der Waals surface area contributed by atoms with Crippen molar-refractivity contribution in [2.75, 3.05) is 7.11 Å². The first-order chi connectivity index (χ1) is 11.3. The highest BCUT2D eigenvalue weighted by Gasteiger charge is 2.13. The molecule has 0 saturated heterocycles. The lowest BCUT2D eigenvalue weighted by molar-refractivity contribution is -0.121. The van der Waals surface area contributed by atoms with Gasteiger partial charge in [0.15, 0.2) is 0 Å². The molecule has 24 heavy (non-hydrogen) atoms. The minimum Gasteiger partial charge on any atom is -0.496 e. The van der Waals surface area contributed by atoms with Gasteiger partial charge in [0, 0.05) is 0 Å². The van der Waals surface area contributed by atoms with Gasteiger partial charge in [0.25, 0.3) is 0 Å². The molecule has 0 saturated carbocycles. The fraction of sp³-hybridized carbons (Fsp3) is 0.381. The summed E-state index contributed by atoms with van der Waals surface area (Å²) < 4.78 is 5.26. The second-order valence-electron chi connectivity index (χ2n) is 6.56. The fourth-order valence-corrected chi connectivity index (χ4v) is 3.06. The number of carbonyl (C=O) groups excluding carboxylic acids is 1. The maximum atomic E-state index is 12.4. The first kappa shape index (κ1) is 18.1. The van der Waals surface area contributed by atoms with Crippen molar-refractivity contribution < 1.29 is 9.53 Å². The molecule has 128 valence electrons. The number of aryl methyl sites for hydroxylation is 4. The zero-order valence-electron chi connectivity index (χ0n) is 15.5. The Labute approximate surface area is 145 Å². The third kappa shape index (κ3) is 4.16. The van der Waals surface area contributed by atoms with Gasteiger partial charge < -0.3 is 10.1 Å². The number of nitrogens with one attached hydrogen (secondary N) is 1. The van der Waals surface area contributed by atoms with E-state index in [0.29, 0.717) is 6.42 Å². The van der Waals surface area contributed by atoms with Crippen LogP contribution in [0.15, 0.2) is 30.3 Å². The highest BCUT2D eigenvalue weighted by Crippen LogP contribution is 2.22. The van der Waals surface area contributed by atoms with Gasteiger partial charge in [-0.05, 0) is 74.1 Å². The maximum Gasteiger partial charge on any atom is 0.224 e. The summed E-state index contributed by atoms with van der Waals surface area (Å²) in [4.78, 5) is 12.4. The molecule has 3 nitrogen and oxygen atoms in total. The van der Waals surface area contributed by atoms with E-state index in [1.165, 1.54) is 22.3 Å². The quantitative estimate of drug-likeness (QED) is 0.887. The molecule has 3 heteroatoms. The first-order valence-corrected chi connectivity index (χ1v) is 8.32. The van der Waals surface area contributed by atoms with Gasteiger partial charge in [-0.25, -0.2) is 0 Å². The Bertz CT molecular complexity index is 750. The summed E-state index contributed by atoms with van der Waals surface area (Å²) in [5.41, 5.74) is 6.96. The van der Waals surface area contributed by atoms with Crippen LogP contribution in [0.5, 0.6) is 5.75 Å². The summed E-state index contributed by atoms with van der Waals surface area (Å²) in [7, 11) is 1.66. The van der Waals surface area contributed by atoms with E-state index in [1.807, 2.05) is 32.0 Å². The van der Waals surface area contributed by atoms with Crippen molar-refractivity contribution in [2.24, 2.45) is 0 Å². The summed E-state index contributed by atoms with van der Waals surface area (Å²) in [6.45, 7) is 10.3. The van der Waals surface area contributed by atoms with Crippen LogP contribution in [0.4, 0.5) is 0 Å². The van der Waals surface area contributed by atoms with Gasteiger partial charge in [0.1, 0.15) is 5.75 Å². The Kier molecular flexibility index (Phi) is 5.66. The molecule has 0 bridgehead atoms. The van der Waals surface area contributed by atoms with Crippen molar-refractivity contribution in [2.45, 2.75) is 47.1 Å². The van der Waals surface area contributed by atoms with Crippen molar-refractivity contribution in [1.29, 1.82) is 0 Å².